The summed E-state index contributed by atoms with van der Waals surface area (Å²) in [6.07, 6.45) is 2.90. The van der Waals surface area contributed by atoms with E-state index < -0.39 is 5.82 Å². The first-order valence-corrected chi connectivity index (χ1v) is 6.83. The average molecular weight is 354 g/mol. The summed E-state index contributed by atoms with van der Waals surface area (Å²) in [5.74, 6) is -0.728. The first-order chi connectivity index (χ1) is 8.58. The fourth-order valence-corrected chi connectivity index (χ4v) is 2.06. The van der Waals surface area contributed by atoms with Gasteiger partial charge in [-0.15, -0.1) is 12.4 Å². The molecule has 19 heavy (non-hydrogen) atoms. The molecule has 0 heterocycles. The molecule has 0 aliphatic rings. The molecule has 0 aliphatic carbocycles. The summed E-state index contributed by atoms with van der Waals surface area (Å²) in [6.45, 7) is 2.47. The van der Waals surface area contributed by atoms with Crippen molar-refractivity contribution >= 4 is 34.2 Å². The number of carbonyl (C=O) groups excluding carboxylic acids is 1. The van der Waals surface area contributed by atoms with Crippen LogP contribution < -0.4 is 11.1 Å². The van der Waals surface area contributed by atoms with E-state index in [1.54, 1.807) is 0 Å². The Hall–Kier alpha value is -0.650. The van der Waals surface area contributed by atoms with Crippen molar-refractivity contribution < 1.29 is 9.18 Å². The summed E-state index contributed by atoms with van der Waals surface area (Å²) in [5, 5.41) is 2.83. The molecule has 0 spiro atoms. The number of amides is 1. The Morgan fingerprint density at radius 1 is 1.53 bits per heavy atom. The molecule has 0 fully saturated rings. The number of nitrogens with two attached hydrogens (primary N) is 1. The van der Waals surface area contributed by atoms with E-state index in [0.29, 0.717) is 16.6 Å². The lowest BCUT2D eigenvalue weighted by Gasteiger charge is -2.17. The number of benzene rings is 1. The van der Waals surface area contributed by atoms with Crippen LogP contribution in [-0.2, 0) is 0 Å². The van der Waals surface area contributed by atoms with Crippen LogP contribution in [0.4, 0.5) is 4.39 Å². The smallest absolute Gasteiger partial charge is 0.252 e. The molecule has 3 N–H and O–H groups in total. The van der Waals surface area contributed by atoms with Gasteiger partial charge in [0.1, 0.15) is 5.82 Å². The number of unbranched alkanes of at least 4 members (excludes halogenated alkanes) is 1. The Morgan fingerprint density at radius 2 is 2.21 bits per heavy atom. The Bertz CT molecular complexity index is 418. The van der Waals surface area contributed by atoms with E-state index >= 15 is 0 Å². The van der Waals surface area contributed by atoms with E-state index in [-0.39, 0.29) is 24.4 Å². The molecular formula is C13H19BrClFN2O. The molecule has 1 amide bonds. The largest absolute Gasteiger partial charge is 0.348 e. The van der Waals surface area contributed by atoms with E-state index in [1.807, 2.05) is 0 Å². The molecule has 1 aromatic rings. The number of nitrogens with one attached hydrogen (secondary N) is 1. The zero-order chi connectivity index (χ0) is 13.5. The van der Waals surface area contributed by atoms with Crippen molar-refractivity contribution in [3.05, 3.63) is 34.1 Å². The fourth-order valence-electron chi connectivity index (χ4n) is 1.63. The van der Waals surface area contributed by atoms with E-state index in [2.05, 4.69) is 28.2 Å². The van der Waals surface area contributed by atoms with Gasteiger partial charge in [0.2, 0.25) is 0 Å². The van der Waals surface area contributed by atoms with E-state index in [4.69, 9.17) is 5.73 Å². The van der Waals surface area contributed by atoms with Gasteiger partial charge in [-0.3, -0.25) is 4.79 Å². The number of hydrogen-bond donors (Lipinski definition) is 2. The fraction of sp³-hybridized carbons (Fsp3) is 0.462. The van der Waals surface area contributed by atoms with Crippen molar-refractivity contribution in [2.45, 2.75) is 32.2 Å². The molecule has 1 aromatic carbocycles. The highest BCUT2D eigenvalue weighted by Crippen LogP contribution is 2.18. The first kappa shape index (κ1) is 18.4. The Kier molecular flexibility index (Phi) is 8.97. The number of carbonyl (C=O) groups is 1. The average Bonchev–Trinajstić information content (AvgIpc) is 2.37. The maximum atomic E-state index is 13.1. The maximum absolute atomic E-state index is 13.1. The molecule has 0 aromatic heterocycles. The molecule has 6 heteroatoms. The van der Waals surface area contributed by atoms with Gasteiger partial charge in [-0.25, -0.2) is 4.39 Å². The van der Waals surface area contributed by atoms with Crippen LogP contribution in [0.15, 0.2) is 22.7 Å². The van der Waals surface area contributed by atoms with Gasteiger partial charge in [0.05, 0.1) is 5.56 Å². The minimum absolute atomic E-state index is 0. The second-order valence-electron chi connectivity index (χ2n) is 4.17. The molecule has 3 nitrogen and oxygen atoms in total. The van der Waals surface area contributed by atoms with Crippen LogP contribution >= 0.6 is 28.3 Å². The maximum Gasteiger partial charge on any atom is 0.252 e. The van der Waals surface area contributed by atoms with Crippen molar-refractivity contribution in [2.75, 3.05) is 6.54 Å². The van der Waals surface area contributed by atoms with Crippen LogP contribution in [0.1, 0.15) is 36.5 Å². The van der Waals surface area contributed by atoms with Crippen molar-refractivity contribution in [1.29, 1.82) is 0 Å². The summed E-state index contributed by atoms with van der Waals surface area (Å²) in [7, 11) is 0. The quantitative estimate of drug-likeness (QED) is 0.825. The topological polar surface area (TPSA) is 55.1 Å². The third-order valence-electron chi connectivity index (χ3n) is 2.70. The lowest BCUT2D eigenvalue weighted by molar-refractivity contribution is 0.0934. The zero-order valence-electron chi connectivity index (χ0n) is 10.8. The minimum atomic E-state index is -0.429. The van der Waals surface area contributed by atoms with E-state index in [0.717, 1.165) is 19.3 Å². The van der Waals surface area contributed by atoms with Gasteiger partial charge < -0.3 is 11.1 Å². The van der Waals surface area contributed by atoms with Gasteiger partial charge in [-0.2, -0.15) is 0 Å². The SMILES string of the molecule is CCCCC(CN)NC(=O)c1cc(F)ccc1Br.Cl. The van der Waals surface area contributed by atoms with Gasteiger partial charge in [-0.1, -0.05) is 19.8 Å². The van der Waals surface area contributed by atoms with Crippen LogP contribution in [0.2, 0.25) is 0 Å². The Morgan fingerprint density at radius 3 is 2.79 bits per heavy atom. The van der Waals surface area contributed by atoms with Gasteiger partial charge >= 0.3 is 0 Å². The summed E-state index contributed by atoms with van der Waals surface area (Å²) in [5.41, 5.74) is 5.90. The van der Waals surface area contributed by atoms with Crippen LogP contribution in [0.3, 0.4) is 0 Å². The highest BCUT2D eigenvalue weighted by Gasteiger charge is 2.15. The predicted molar refractivity (Wildman–Crippen MR) is 81.2 cm³/mol. The van der Waals surface area contributed by atoms with Crippen molar-refractivity contribution in [2.24, 2.45) is 5.73 Å². The molecule has 108 valence electrons. The molecular weight excluding hydrogens is 335 g/mol. The summed E-state index contributed by atoms with van der Waals surface area (Å²) in [6, 6.07) is 3.98. The van der Waals surface area contributed by atoms with Crippen LogP contribution in [0.25, 0.3) is 0 Å². The van der Waals surface area contributed by atoms with Crippen LogP contribution in [0.5, 0.6) is 0 Å². The summed E-state index contributed by atoms with van der Waals surface area (Å²) < 4.78 is 13.7. The van der Waals surface area contributed by atoms with Crippen molar-refractivity contribution in [1.82, 2.24) is 5.32 Å². The van der Waals surface area contributed by atoms with E-state index in [1.165, 1.54) is 18.2 Å². The molecule has 1 atom stereocenters. The summed E-state index contributed by atoms with van der Waals surface area (Å²) in [4.78, 5) is 12.0. The lowest BCUT2D eigenvalue weighted by atomic mass is 10.1. The number of hydrogen-bond acceptors (Lipinski definition) is 2. The molecule has 0 saturated heterocycles. The van der Waals surface area contributed by atoms with Crippen molar-refractivity contribution in [3.63, 3.8) is 0 Å². The highest BCUT2D eigenvalue weighted by molar-refractivity contribution is 9.10. The van der Waals surface area contributed by atoms with Gasteiger partial charge in [0, 0.05) is 17.1 Å². The second kappa shape index (κ2) is 9.28. The van der Waals surface area contributed by atoms with Crippen LogP contribution in [-0.4, -0.2) is 18.5 Å². The highest BCUT2D eigenvalue weighted by atomic mass is 79.9. The molecule has 0 aliphatic heterocycles. The van der Waals surface area contributed by atoms with Gasteiger partial charge in [0.15, 0.2) is 0 Å². The van der Waals surface area contributed by atoms with Gasteiger partial charge in [0.25, 0.3) is 5.91 Å². The zero-order valence-corrected chi connectivity index (χ0v) is 13.2. The van der Waals surface area contributed by atoms with Crippen LogP contribution in [0, 0.1) is 5.82 Å². The Balaban J connectivity index is 0.00000324. The van der Waals surface area contributed by atoms with Crippen molar-refractivity contribution in [3.8, 4) is 0 Å². The predicted octanol–water partition coefficient (Wildman–Crippen LogP) is 3.26. The molecule has 0 saturated carbocycles. The lowest BCUT2D eigenvalue weighted by Crippen LogP contribution is -2.40. The first-order valence-electron chi connectivity index (χ1n) is 6.04. The van der Waals surface area contributed by atoms with E-state index in [9.17, 15) is 9.18 Å². The monoisotopic (exact) mass is 352 g/mol. The Labute approximate surface area is 127 Å². The molecule has 0 bridgehead atoms. The standard InChI is InChI=1S/C13H18BrFN2O.ClH/c1-2-3-4-10(8-16)17-13(18)11-7-9(15)5-6-12(11)14;/h5-7,10H,2-4,8,16H2,1H3,(H,17,18);1H. The number of halogens is 3. The third kappa shape index (κ3) is 5.89. The summed E-state index contributed by atoms with van der Waals surface area (Å²) >= 11 is 3.24. The molecule has 1 rings (SSSR count). The van der Waals surface area contributed by atoms with Gasteiger partial charge in [-0.05, 0) is 40.5 Å². The third-order valence-corrected chi connectivity index (χ3v) is 3.39. The molecule has 1 unspecified atom stereocenters. The minimum Gasteiger partial charge on any atom is -0.348 e. The second-order valence-corrected chi connectivity index (χ2v) is 5.03. The number of rotatable bonds is 6. The molecule has 0 radical (unpaired) electrons. The normalized spacial score (nSPS) is 11.6.